The van der Waals surface area contributed by atoms with E-state index in [9.17, 15) is 29.3 Å². The third-order valence-electron chi connectivity index (χ3n) is 8.01. The van der Waals surface area contributed by atoms with E-state index in [0.29, 0.717) is 25.7 Å². The van der Waals surface area contributed by atoms with E-state index in [4.69, 9.17) is 19.1 Å². The Bertz CT molecular complexity index is 1340. The van der Waals surface area contributed by atoms with Gasteiger partial charge in [0.05, 0.1) is 25.9 Å². The van der Waals surface area contributed by atoms with Gasteiger partial charge in [-0.1, -0.05) is 136 Å². The third kappa shape index (κ3) is 39.4. The molecule has 0 bridgehead atoms. The Morgan fingerprint density at radius 2 is 1.16 bits per heavy atom. The molecule has 0 aliphatic carbocycles. The first kappa shape index (κ1) is 54.6. The topological polar surface area (TPSA) is 169 Å². The van der Waals surface area contributed by atoms with Gasteiger partial charge in [-0.15, -0.1) is 0 Å². The summed E-state index contributed by atoms with van der Waals surface area (Å²) in [7, 11) is -4.66. The molecule has 0 aromatic heterocycles. The van der Waals surface area contributed by atoms with Crippen LogP contribution in [-0.4, -0.2) is 76.9 Å². The van der Waals surface area contributed by atoms with Gasteiger partial charge in [-0.25, -0.2) is 4.57 Å². The van der Waals surface area contributed by atoms with Crippen LogP contribution in [0.25, 0.3) is 0 Å². The van der Waals surface area contributed by atoms with Gasteiger partial charge in [0.15, 0.2) is 6.10 Å². The molecule has 4 N–H and O–H groups in total. The Kier molecular flexibility index (Phi) is 38.0. The number of carbonyl (C=O) groups is 2. The van der Waals surface area contributed by atoms with Crippen LogP contribution in [0, 0.1) is 0 Å². The maximum atomic E-state index is 12.6. The Balaban J connectivity index is 4.58. The van der Waals surface area contributed by atoms with Gasteiger partial charge in [0, 0.05) is 12.8 Å². The minimum Gasteiger partial charge on any atom is -0.462 e. The van der Waals surface area contributed by atoms with Gasteiger partial charge in [-0.3, -0.25) is 18.6 Å². The minimum atomic E-state index is -4.66. The highest BCUT2D eigenvalue weighted by molar-refractivity contribution is 7.47. The van der Waals surface area contributed by atoms with Gasteiger partial charge in [0.1, 0.15) is 12.7 Å². The minimum absolute atomic E-state index is 0.0282. The van der Waals surface area contributed by atoms with Crippen molar-refractivity contribution in [3.8, 4) is 0 Å². The van der Waals surface area contributed by atoms with Crippen molar-refractivity contribution in [2.45, 2.75) is 141 Å². The molecule has 0 saturated heterocycles. The molecule has 0 aromatic carbocycles. The van der Waals surface area contributed by atoms with Crippen molar-refractivity contribution in [2.24, 2.45) is 0 Å². The number of aliphatic hydroxyl groups excluding tert-OH is 3. The SMILES string of the molecule is CC/C=C\CC(O)/C=C/C=C/C/C=C\C/C=C\C/C=C\CCC(=O)O[C@H](COC(=O)CCCC/C=C\C/C=C\C/C=C\CCCCC)COP(=O)(O)OC[C@@H](O)CO. The average molecular weight is 833 g/mol. The Morgan fingerprint density at radius 3 is 1.74 bits per heavy atom. The highest BCUT2D eigenvalue weighted by atomic mass is 31.2. The molecule has 0 saturated carbocycles. The second-order valence-corrected chi connectivity index (χ2v) is 14.9. The molecule has 11 nitrogen and oxygen atoms in total. The van der Waals surface area contributed by atoms with E-state index < -0.39 is 57.9 Å². The molecule has 58 heavy (non-hydrogen) atoms. The Labute approximate surface area is 348 Å². The maximum Gasteiger partial charge on any atom is 0.472 e. The number of unbranched alkanes of at least 4 members (excludes halogenated alkanes) is 5. The molecule has 0 aliphatic heterocycles. The number of allylic oxidation sites excluding steroid dienone is 16. The number of hydrogen-bond donors (Lipinski definition) is 4. The molecule has 4 atom stereocenters. The van der Waals surface area contributed by atoms with Crippen molar-refractivity contribution in [1.82, 2.24) is 0 Å². The van der Waals surface area contributed by atoms with Crippen LogP contribution in [-0.2, 0) is 32.7 Å². The number of esters is 2. The van der Waals surface area contributed by atoms with E-state index in [-0.39, 0.29) is 19.4 Å². The number of phosphoric acid groups is 1. The van der Waals surface area contributed by atoms with Crippen molar-refractivity contribution < 1.29 is 52.9 Å². The summed E-state index contributed by atoms with van der Waals surface area (Å²) in [6.07, 6.45) is 46.9. The molecule has 0 amide bonds. The fraction of sp³-hybridized carbons (Fsp3) is 0.565. The van der Waals surface area contributed by atoms with E-state index >= 15 is 0 Å². The van der Waals surface area contributed by atoms with Crippen molar-refractivity contribution in [3.05, 3.63) is 109 Å². The second kappa shape index (κ2) is 40.4. The van der Waals surface area contributed by atoms with Crippen molar-refractivity contribution in [2.75, 3.05) is 26.4 Å². The molecule has 0 rings (SSSR count). The van der Waals surface area contributed by atoms with E-state index in [0.717, 1.165) is 51.4 Å². The molecule has 12 heteroatoms. The lowest BCUT2D eigenvalue weighted by atomic mass is 10.1. The van der Waals surface area contributed by atoms with Crippen molar-refractivity contribution in [3.63, 3.8) is 0 Å². The van der Waals surface area contributed by atoms with Crippen LogP contribution in [0.3, 0.4) is 0 Å². The molecule has 328 valence electrons. The van der Waals surface area contributed by atoms with Gasteiger partial charge in [-0.2, -0.15) is 0 Å². The lowest BCUT2D eigenvalue weighted by Crippen LogP contribution is -2.29. The van der Waals surface area contributed by atoms with Gasteiger partial charge >= 0.3 is 19.8 Å². The molecule has 0 radical (unpaired) electrons. The summed E-state index contributed by atoms with van der Waals surface area (Å²) in [5.41, 5.74) is 0. The molecule has 0 heterocycles. The predicted octanol–water partition coefficient (Wildman–Crippen LogP) is 9.97. The number of ether oxygens (including phenoxy) is 2. The molecule has 2 unspecified atom stereocenters. The summed E-state index contributed by atoms with van der Waals surface area (Å²) >= 11 is 0. The third-order valence-corrected chi connectivity index (χ3v) is 8.96. The maximum absolute atomic E-state index is 12.6. The number of carbonyl (C=O) groups excluding carboxylic acids is 2. The zero-order valence-electron chi connectivity index (χ0n) is 35.1. The first-order chi connectivity index (χ1) is 28.1. The Morgan fingerprint density at radius 1 is 0.603 bits per heavy atom. The highest BCUT2D eigenvalue weighted by Crippen LogP contribution is 2.43. The van der Waals surface area contributed by atoms with Crippen LogP contribution in [0.2, 0.25) is 0 Å². The van der Waals surface area contributed by atoms with Crippen LogP contribution in [0.4, 0.5) is 0 Å². The predicted molar refractivity (Wildman–Crippen MR) is 234 cm³/mol. The smallest absolute Gasteiger partial charge is 0.462 e. The summed E-state index contributed by atoms with van der Waals surface area (Å²) in [5, 5.41) is 28.1. The van der Waals surface area contributed by atoms with Crippen LogP contribution >= 0.6 is 7.82 Å². The largest absolute Gasteiger partial charge is 0.472 e. The molecule has 0 aromatic rings. The first-order valence-corrected chi connectivity index (χ1v) is 22.4. The monoisotopic (exact) mass is 832 g/mol. The van der Waals surface area contributed by atoms with Gasteiger partial charge in [0.25, 0.3) is 0 Å². The lowest BCUT2D eigenvalue weighted by molar-refractivity contribution is -0.161. The molecule has 0 fully saturated rings. The lowest BCUT2D eigenvalue weighted by Gasteiger charge is -2.20. The number of rotatable bonds is 37. The number of phosphoric ester groups is 1. The normalized spacial score (nSPS) is 15.5. The molecular weight excluding hydrogens is 759 g/mol. The van der Waals surface area contributed by atoms with E-state index in [1.54, 1.807) is 6.08 Å². The molecule has 0 spiro atoms. The zero-order valence-corrected chi connectivity index (χ0v) is 36.0. The summed E-state index contributed by atoms with van der Waals surface area (Å²) in [6, 6.07) is 0. The van der Waals surface area contributed by atoms with E-state index in [2.05, 4.69) is 67.0 Å². The van der Waals surface area contributed by atoms with E-state index in [1.807, 2.05) is 54.7 Å². The average Bonchev–Trinajstić information content (AvgIpc) is 3.20. The summed E-state index contributed by atoms with van der Waals surface area (Å²) in [6.45, 7) is 1.96. The second-order valence-electron chi connectivity index (χ2n) is 13.5. The standard InChI is InChI=1S/C46H73O11P/c1-3-5-7-8-9-10-11-12-13-16-19-22-25-28-32-36-45(50)54-40-44(41-56-58(52,53)55-39-43(49)38-47)57-46(51)37-33-29-26-23-20-17-14-15-18-21-24-27-31-35-42(48)34-30-6-4-2/h6,9-10,12-13,15,17-20,22,24,26-27,29-31,35,42-44,47-49H,3-5,7-8,11,14,16,21,23,25,28,32-34,36-41H2,1-2H3,(H,52,53)/b10-9-,13-12-,18-15-,20-17-,22-19-,27-24+,29-26-,30-6-,35-31+/t42?,43-,44+/m0/s1. The van der Waals surface area contributed by atoms with Crippen molar-refractivity contribution >= 4 is 19.8 Å². The van der Waals surface area contributed by atoms with Gasteiger partial charge < -0.3 is 29.7 Å². The van der Waals surface area contributed by atoms with Crippen LogP contribution in [0.1, 0.15) is 123 Å². The molecular formula is C46H73O11P. The summed E-state index contributed by atoms with van der Waals surface area (Å²) in [4.78, 5) is 34.9. The van der Waals surface area contributed by atoms with Gasteiger partial charge in [0.2, 0.25) is 0 Å². The summed E-state index contributed by atoms with van der Waals surface area (Å²) in [5.74, 6) is -1.10. The fourth-order valence-corrected chi connectivity index (χ4v) is 5.54. The Hall–Kier alpha value is -3.41. The van der Waals surface area contributed by atoms with Crippen LogP contribution in [0.5, 0.6) is 0 Å². The zero-order chi connectivity index (χ0) is 42.8. The van der Waals surface area contributed by atoms with Crippen LogP contribution in [0.15, 0.2) is 109 Å². The number of aliphatic hydroxyl groups is 3. The van der Waals surface area contributed by atoms with Crippen molar-refractivity contribution in [1.29, 1.82) is 0 Å². The fourth-order valence-electron chi connectivity index (χ4n) is 4.75. The quantitative estimate of drug-likeness (QED) is 0.0155. The summed E-state index contributed by atoms with van der Waals surface area (Å²) < 4.78 is 32.5. The highest BCUT2D eigenvalue weighted by Gasteiger charge is 2.27. The number of hydrogen-bond acceptors (Lipinski definition) is 10. The van der Waals surface area contributed by atoms with Crippen LogP contribution < -0.4 is 0 Å². The van der Waals surface area contributed by atoms with E-state index in [1.165, 1.54) is 19.3 Å². The molecule has 0 aliphatic rings. The van der Waals surface area contributed by atoms with Gasteiger partial charge in [-0.05, 0) is 83.5 Å². The first-order valence-electron chi connectivity index (χ1n) is 21.0.